The number of ether oxygens (including phenoxy) is 1. The molecule has 0 fully saturated rings. The van der Waals surface area contributed by atoms with Crippen LogP contribution in [0.1, 0.15) is 39.2 Å². The fourth-order valence-corrected chi connectivity index (χ4v) is 1.84. The first-order valence-corrected chi connectivity index (χ1v) is 7.80. The molecule has 109 valence electrons. The minimum Gasteiger partial charge on any atom is -0.443 e. The first-order chi connectivity index (χ1) is 9.39. The van der Waals surface area contributed by atoms with Crippen LogP contribution in [0.5, 0.6) is 0 Å². The number of anilines is 1. The summed E-state index contributed by atoms with van der Waals surface area (Å²) in [5.74, 6) is 0. The van der Waals surface area contributed by atoms with E-state index < -0.39 is 5.60 Å². The molecule has 0 aliphatic carbocycles. The molecule has 0 spiro atoms. The van der Waals surface area contributed by atoms with Gasteiger partial charge in [-0.3, -0.25) is 4.90 Å². The lowest BCUT2D eigenvalue weighted by atomic mass is 10.1. The van der Waals surface area contributed by atoms with Gasteiger partial charge in [0.05, 0.1) is 0 Å². The number of hydrogen-bond acceptors (Lipinski definition) is 2. The average Bonchev–Trinajstić information content (AvgIpc) is 2.44. The molecule has 0 N–H and O–H groups in total. The Morgan fingerprint density at radius 1 is 1.30 bits per heavy atom. The second kappa shape index (κ2) is 7.48. The Kier molecular flexibility index (Phi) is 6.27. The molecule has 4 heteroatoms. The van der Waals surface area contributed by atoms with E-state index in [9.17, 15) is 4.79 Å². The highest BCUT2D eigenvalue weighted by Crippen LogP contribution is 2.20. The van der Waals surface area contributed by atoms with Crippen LogP contribution in [0.25, 0.3) is 0 Å². The van der Waals surface area contributed by atoms with Gasteiger partial charge in [-0.25, -0.2) is 4.79 Å². The van der Waals surface area contributed by atoms with Crippen molar-refractivity contribution in [1.82, 2.24) is 0 Å². The summed E-state index contributed by atoms with van der Waals surface area (Å²) in [7, 11) is 5.21. The van der Waals surface area contributed by atoms with Crippen LogP contribution in [-0.2, 0) is 11.2 Å². The molecule has 1 rings (SSSR count). The highest BCUT2D eigenvalue weighted by atomic mass is 28.1. The predicted octanol–water partition coefficient (Wildman–Crippen LogP) is 3.97. The lowest BCUT2D eigenvalue weighted by Gasteiger charge is -2.27. The summed E-state index contributed by atoms with van der Waals surface area (Å²) in [6, 6.07) is 9.05. The second-order valence-electron chi connectivity index (χ2n) is 5.56. The molecule has 0 aromatic heterocycles. The van der Waals surface area contributed by atoms with Crippen LogP contribution in [0.4, 0.5) is 10.5 Å². The van der Waals surface area contributed by atoms with Crippen LogP contribution in [0.3, 0.4) is 0 Å². The fraction of sp³-hybridized carbons (Fsp3) is 0.562. The summed E-state index contributed by atoms with van der Waals surface area (Å²) < 4.78 is 5.48. The molecule has 20 heavy (non-hydrogen) atoms. The number of aryl methyl sites for hydroxylation is 1. The summed E-state index contributed by atoms with van der Waals surface area (Å²) in [5.41, 5.74) is 1.70. The molecule has 3 nitrogen and oxygen atoms in total. The molecule has 0 saturated carbocycles. The number of hydrogen-bond donors (Lipinski definition) is 0. The Hall–Kier alpha value is -1.29. The lowest BCUT2D eigenvalue weighted by Crippen LogP contribution is -2.35. The Morgan fingerprint density at radius 3 is 2.40 bits per heavy atom. The number of rotatable bonds is 6. The van der Waals surface area contributed by atoms with Crippen molar-refractivity contribution in [2.45, 2.75) is 51.7 Å². The van der Waals surface area contributed by atoms with Crippen molar-refractivity contribution in [1.29, 1.82) is 0 Å². The Morgan fingerprint density at radius 2 is 1.90 bits per heavy atom. The van der Waals surface area contributed by atoms with Gasteiger partial charge < -0.3 is 4.74 Å². The first kappa shape index (κ1) is 16.8. The molecule has 0 aliphatic heterocycles. The van der Waals surface area contributed by atoms with E-state index >= 15 is 0 Å². The van der Waals surface area contributed by atoms with Gasteiger partial charge in [0.1, 0.15) is 5.60 Å². The van der Waals surface area contributed by atoms with E-state index in [0.717, 1.165) is 31.0 Å². The molecule has 0 aliphatic rings. The molecule has 0 unspecified atom stereocenters. The number of amides is 1. The zero-order chi connectivity index (χ0) is 15.2. The Bertz CT molecular complexity index is 429. The van der Waals surface area contributed by atoms with E-state index in [2.05, 4.69) is 22.4 Å². The van der Waals surface area contributed by atoms with Crippen LogP contribution < -0.4 is 4.90 Å². The molecule has 0 heterocycles. The van der Waals surface area contributed by atoms with Crippen LogP contribution in [0, 0.1) is 0 Å². The third-order valence-electron chi connectivity index (χ3n) is 3.45. The van der Waals surface area contributed by atoms with Crippen molar-refractivity contribution in [3.63, 3.8) is 0 Å². The molecule has 0 bridgehead atoms. The second-order valence-corrected chi connectivity index (χ2v) is 6.06. The number of benzene rings is 1. The zero-order valence-corrected chi connectivity index (χ0v) is 13.9. The number of carbonyl (C=O) groups excluding carboxylic acids is 1. The SMILES string of the molecule is CCC(C)(C)OC(=O)N(C)c1ccc(CCC[Si])cc1. The van der Waals surface area contributed by atoms with E-state index in [1.165, 1.54) is 5.56 Å². The zero-order valence-electron chi connectivity index (χ0n) is 12.9. The number of nitrogens with zero attached hydrogens (tertiary/aromatic N) is 1. The fourth-order valence-electron chi connectivity index (χ4n) is 1.66. The molecule has 0 saturated heterocycles. The van der Waals surface area contributed by atoms with Crippen molar-refractivity contribution in [2.24, 2.45) is 0 Å². The van der Waals surface area contributed by atoms with Crippen molar-refractivity contribution in [3.05, 3.63) is 29.8 Å². The van der Waals surface area contributed by atoms with Crippen molar-refractivity contribution in [2.75, 3.05) is 11.9 Å². The smallest absolute Gasteiger partial charge is 0.414 e. The highest BCUT2D eigenvalue weighted by Gasteiger charge is 2.23. The summed E-state index contributed by atoms with van der Waals surface area (Å²) in [5, 5.41) is 0. The van der Waals surface area contributed by atoms with Crippen LogP contribution in [-0.4, -0.2) is 29.0 Å². The molecule has 3 radical (unpaired) electrons. The van der Waals surface area contributed by atoms with E-state index in [1.807, 2.05) is 32.9 Å². The molecule has 1 aromatic rings. The average molecular weight is 290 g/mol. The summed E-state index contributed by atoms with van der Waals surface area (Å²) in [6.45, 7) is 5.84. The van der Waals surface area contributed by atoms with Gasteiger partial charge in [-0.05, 0) is 44.4 Å². The highest BCUT2D eigenvalue weighted by molar-refractivity contribution is 6.08. The summed E-state index contributed by atoms with van der Waals surface area (Å²) in [6.07, 6.45) is 2.63. The number of carbonyl (C=O) groups is 1. The third-order valence-corrected chi connectivity index (χ3v) is 3.81. The minimum atomic E-state index is -0.430. The molecular weight excluding hydrogens is 266 g/mol. The molecule has 1 aromatic carbocycles. The van der Waals surface area contributed by atoms with Gasteiger partial charge in [0, 0.05) is 23.0 Å². The standard InChI is InChI=1S/C16H24NO2Si/c1-5-16(2,3)19-15(18)17(4)14-10-8-13(9-11-14)7-6-12-20/h8-11H,5-7,12H2,1-4H3. The van der Waals surface area contributed by atoms with Crippen molar-refractivity contribution < 1.29 is 9.53 Å². The molecule has 1 amide bonds. The summed E-state index contributed by atoms with van der Waals surface area (Å²) in [4.78, 5) is 13.6. The minimum absolute atomic E-state index is 0.315. The van der Waals surface area contributed by atoms with Crippen molar-refractivity contribution >= 4 is 22.0 Å². The van der Waals surface area contributed by atoms with Gasteiger partial charge >= 0.3 is 6.09 Å². The van der Waals surface area contributed by atoms with E-state index in [-0.39, 0.29) is 6.09 Å². The van der Waals surface area contributed by atoms with E-state index in [4.69, 9.17) is 4.74 Å². The van der Waals surface area contributed by atoms with Crippen molar-refractivity contribution in [3.8, 4) is 0 Å². The third kappa shape index (κ3) is 5.00. The maximum atomic E-state index is 12.1. The van der Waals surface area contributed by atoms with Gasteiger partial charge in [-0.15, -0.1) is 0 Å². The first-order valence-electron chi connectivity index (χ1n) is 7.10. The Balaban J connectivity index is 2.67. The molecular formula is C16H24NO2Si. The lowest BCUT2D eigenvalue weighted by molar-refractivity contribution is 0.0419. The predicted molar refractivity (Wildman–Crippen MR) is 84.6 cm³/mol. The van der Waals surface area contributed by atoms with Crippen LogP contribution >= 0.6 is 0 Å². The molecule has 0 atom stereocenters. The topological polar surface area (TPSA) is 29.5 Å². The summed E-state index contributed by atoms with van der Waals surface area (Å²) >= 11 is 0. The monoisotopic (exact) mass is 290 g/mol. The van der Waals surface area contributed by atoms with Crippen LogP contribution in [0.2, 0.25) is 6.04 Å². The normalized spacial score (nSPS) is 11.2. The van der Waals surface area contributed by atoms with Crippen LogP contribution in [0.15, 0.2) is 24.3 Å². The largest absolute Gasteiger partial charge is 0.443 e. The maximum absolute atomic E-state index is 12.1. The maximum Gasteiger partial charge on any atom is 0.414 e. The Labute approximate surface area is 125 Å². The van der Waals surface area contributed by atoms with Gasteiger partial charge in [0.25, 0.3) is 0 Å². The van der Waals surface area contributed by atoms with E-state index in [0.29, 0.717) is 0 Å². The van der Waals surface area contributed by atoms with Gasteiger partial charge in [-0.1, -0.05) is 31.5 Å². The van der Waals surface area contributed by atoms with Gasteiger partial charge in [0.15, 0.2) is 0 Å². The van der Waals surface area contributed by atoms with Gasteiger partial charge in [0.2, 0.25) is 0 Å². The quantitative estimate of drug-likeness (QED) is 0.742. The van der Waals surface area contributed by atoms with Gasteiger partial charge in [-0.2, -0.15) is 0 Å². The van der Waals surface area contributed by atoms with E-state index in [1.54, 1.807) is 11.9 Å².